The van der Waals surface area contributed by atoms with Gasteiger partial charge in [-0.1, -0.05) is 0 Å². The summed E-state index contributed by atoms with van der Waals surface area (Å²) in [5, 5.41) is 0. The number of benzene rings is 1. The molecule has 0 unspecified atom stereocenters. The maximum Gasteiger partial charge on any atom is 0.161 e. The van der Waals surface area contributed by atoms with Gasteiger partial charge in [-0.25, -0.2) is 4.98 Å². The van der Waals surface area contributed by atoms with Gasteiger partial charge in [0, 0.05) is 37.7 Å². The number of hydrogen-bond acceptors (Lipinski definition) is 5. The summed E-state index contributed by atoms with van der Waals surface area (Å²) < 4.78 is 19.6. The minimum Gasteiger partial charge on any atom is -0.490 e. The Morgan fingerprint density at radius 2 is 1.89 bits per heavy atom. The molecule has 6 heteroatoms. The van der Waals surface area contributed by atoms with Gasteiger partial charge < -0.3 is 23.7 Å². The van der Waals surface area contributed by atoms with Crippen molar-refractivity contribution < 1.29 is 14.2 Å². The average molecular weight is 388 g/mol. The molecule has 1 aromatic heterocycles. The molecule has 0 radical (unpaired) electrons. The molecule has 1 heterocycles. The first-order valence-corrected chi connectivity index (χ1v) is 10.2. The largest absolute Gasteiger partial charge is 0.490 e. The van der Waals surface area contributed by atoms with E-state index in [1.807, 2.05) is 46.5 Å². The van der Waals surface area contributed by atoms with Crippen LogP contribution >= 0.6 is 0 Å². The predicted molar refractivity (Wildman–Crippen MR) is 111 cm³/mol. The number of rotatable bonds is 9. The molecule has 28 heavy (non-hydrogen) atoms. The van der Waals surface area contributed by atoms with E-state index in [9.17, 15) is 0 Å². The topological polar surface area (TPSA) is 48.8 Å². The zero-order valence-electron chi connectivity index (χ0n) is 17.6. The Balaban J connectivity index is 1.78. The second-order valence-electron chi connectivity index (χ2n) is 7.57. The van der Waals surface area contributed by atoms with Gasteiger partial charge in [0.05, 0.1) is 12.7 Å². The SMILES string of the molecule is CCOc1cc(-c2nccn2C2CCC(OC)CC2)ccc1OCCN(C)C. The molecule has 0 N–H and O–H groups in total. The minimum absolute atomic E-state index is 0.395. The highest BCUT2D eigenvalue weighted by Crippen LogP contribution is 2.36. The van der Waals surface area contributed by atoms with Gasteiger partial charge in [-0.3, -0.25) is 0 Å². The van der Waals surface area contributed by atoms with Gasteiger partial charge in [0.15, 0.2) is 11.5 Å². The second kappa shape index (κ2) is 9.94. The van der Waals surface area contributed by atoms with Crippen molar-refractivity contribution in [1.29, 1.82) is 0 Å². The maximum absolute atomic E-state index is 5.94. The number of hydrogen-bond donors (Lipinski definition) is 0. The molecule has 2 aromatic rings. The fraction of sp³-hybridized carbons (Fsp3) is 0.591. The first-order chi connectivity index (χ1) is 13.6. The van der Waals surface area contributed by atoms with Crippen molar-refractivity contribution in [3.05, 3.63) is 30.6 Å². The number of ether oxygens (including phenoxy) is 3. The number of aromatic nitrogens is 2. The molecule has 0 bridgehead atoms. The van der Waals surface area contributed by atoms with Gasteiger partial charge >= 0.3 is 0 Å². The van der Waals surface area contributed by atoms with E-state index >= 15 is 0 Å². The fourth-order valence-electron chi connectivity index (χ4n) is 3.76. The molecule has 1 fully saturated rings. The molecule has 3 rings (SSSR count). The first kappa shape index (κ1) is 20.7. The number of methoxy groups -OCH3 is 1. The normalized spacial score (nSPS) is 19.8. The van der Waals surface area contributed by atoms with Crippen LogP contribution in [0.1, 0.15) is 38.6 Å². The molecule has 0 atom stereocenters. The van der Waals surface area contributed by atoms with Crippen molar-refractivity contribution in [1.82, 2.24) is 14.5 Å². The molecule has 1 saturated carbocycles. The van der Waals surface area contributed by atoms with Crippen molar-refractivity contribution in [3.8, 4) is 22.9 Å². The van der Waals surface area contributed by atoms with E-state index in [4.69, 9.17) is 14.2 Å². The Kier molecular flexibility index (Phi) is 7.34. The maximum atomic E-state index is 5.94. The zero-order valence-corrected chi connectivity index (χ0v) is 17.6. The number of nitrogens with zero attached hydrogens (tertiary/aromatic N) is 3. The highest BCUT2D eigenvalue weighted by Gasteiger charge is 2.24. The summed E-state index contributed by atoms with van der Waals surface area (Å²) in [7, 11) is 5.89. The standard InChI is InChI=1S/C22H33N3O3/c1-5-27-21-16-17(6-11-20(21)28-15-14-24(2)3)22-23-12-13-25(22)18-7-9-19(26-4)10-8-18/h6,11-13,16,18-19H,5,7-10,14-15H2,1-4H3. The van der Waals surface area contributed by atoms with E-state index in [0.717, 1.165) is 55.1 Å². The van der Waals surface area contributed by atoms with Gasteiger partial charge in [-0.05, 0) is 64.9 Å². The summed E-state index contributed by atoms with van der Waals surface area (Å²) in [6, 6.07) is 6.59. The lowest BCUT2D eigenvalue weighted by atomic mass is 9.92. The van der Waals surface area contributed by atoms with Crippen LogP contribution in [-0.4, -0.2) is 61.5 Å². The molecule has 0 spiro atoms. The summed E-state index contributed by atoms with van der Waals surface area (Å²) in [6.45, 7) is 4.08. The summed E-state index contributed by atoms with van der Waals surface area (Å²) in [5.41, 5.74) is 1.06. The minimum atomic E-state index is 0.395. The van der Waals surface area contributed by atoms with Crippen molar-refractivity contribution >= 4 is 0 Å². The monoisotopic (exact) mass is 387 g/mol. The third kappa shape index (κ3) is 5.06. The summed E-state index contributed by atoms with van der Waals surface area (Å²) in [4.78, 5) is 6.75. The van der Waals surface area contributed by atoms with Crippen molar-refractivity contribution in [2.24, 2.45) is 0 Å². The number of imidazole rings is 1. The molecule has 0 saturated heterocycles. The van der Waals surface area contributed by atoms with Crippen molar-refractivity contribution in [3.63, 3.8) is 0 Å². The highest BCUT2D eigenvalue weighted by molar-refractivity contribution is 5.61. The Bertz CT molecular complexity index is 736. The van der Waals surface area contributed by atoms with E-state index in [-0.39, 0.29) is 0 Å². The molecule has 1 aromatic carbocycles. The lowest BCUT2D eigenvalue weighted by Gasteiger charge is -2.29. The van der Waals surface area contributed by atoms with Crippen LogP contribution in [0.3, 0.4) is 0 Å². The second-order valence-corrected chi connectivity index (χ2v) is 7.57. The van der Waals surface area contributed by atoms with Gasteiger partial charge in [-0.15, -0.1) is 0 Å². The molecule has 154 valence electrons. The third-order valence-corrected chi connectivity index (χ3v) is 5.34. The summed E-state index contributed by atoms with van der Waals surface area (Å²) in [6.07, 6.45) is 8.81. The van der Waals surface area contributed by atoms with Crippen LogP contribution in [0, 0.1) is 0 Å². The highest BCUT2D eigenvalue weighted by atomic mass is 16.5. The van der Waals surface area contributed by atoms with E-state index in [1.165, 1.54) is 0 Å². The number of likely N-dealkylation sites (N-methyl/N-ethyl adjacent to an activating group) is 1. The molecular formula is C22H33N3O3. The van der Waals surface area contributed by atoms with Crippen LogP contribution in [-0.2, 0) is 4.74 Å². The van der Waals surface area contributed by atoms with Gasteiger partial charge in [0.25, 0.3) is 0 Å². The van der Waals surface area contributed by atoms with Gasteiger partial charge in [0.1, 0.15) is 12.4 Å². The van der Waals surface area contributed by atoms with E-state index in [1.54, 1.807) is 0 Å². The van der Waals surface area contributed by atoms with Crippen LogP contribution in [0.15, 0.2) is 30.6 Å². The summed E-state index contributed by atoms with van der Waals surface area (Å²) in [5.74, 6) is 2.55. The fourth-order valence-corrected chi connectivity index (χ4v) is 3.76. The Hall–Kier alpha value is -2.05. The Labute approximate surface area is 168 Å². The molecule has 6 nitrogen and oxygen atoms in total. The third-order valence-electron chi connectivity index (χ3n) is 5.34. The van der Waals surface area contributed by atoms with Crippen LogP contribution in [0.25, 0.3) is 11.4 Å². The smallest absolute Gasteiger partial charge is 0.161 e. The van der Waals surface area contributed by atoms with Crippen LogP contribution in [0.2, 0.25) is 0 Å². The molecule has 1 aliphatic carbocycles. The summed E-state index contributed by atoms with van der Waals surface area (Å²) >= 11 is 0. The molecular weight excluding hydrogens is 354 g/mol. The van der Waals surface area contributed by atoms with Crippen molar-refractivity contribution in [2.75, 3.05) is 41.0 Å². The Morgan fingerprint density at radius 3 is 2.57 bits per heavy atom. The van der Waals surface area contributed by atoms with E-state index in [0.29, 0.717) is 25.4 Å². The van der Waals surface area contributed by atoms with E-state index in [2.05, 4.69) is 26.7 Å². The lowest BCUT2D eigenvalue weighted by Crippen LogP contribution is -2.22. The van der Waals surface area contributed by atoms with Crippen LogP contribution in [0.4, 0.5) is 0 Å². The molecule has 0 aliphatic heterocycles. The van der Waals surface area contributed by atoms with E-state index < -0.39 is 0 Å². The predicted octanol–water partition coefficient (Wildman–Crippen LogP) is 4.02. The van der Waals surface area contributed by atoms with Crippen LogP contribution < -0.4 is 9.47 Å². The van der Waals surface area contributed by atoms with Gasteiger partial charge in [0.2, 0.25) is 0 Å². The quantitative estimate of drug-likeness (QED) is 0.650. The molecule has 0 amide bonds. The van der Waals surface area contributed by atoms with Crippen LogP contribution in [0.5, 0.6) is 11.5 Å². The zero-order chi connectivity index (χ0) is 19.9. The van der Waals surface area contributed by atoms with Crippen molar-refractivity contribution in [2.45, 2.75) is 44.8 Å². The molecule has 1 aliphatic rings. The lowest BCUT2D eigenvalue weighted by molar-refractivity contribution is 0.0586. The average Bonchev–Trinajstić information content (AvgIpc) is 3.19. The first-order valence-electron chi connectivity index (χ1n) is 10.2. The Morgan fingerprint density at radius 1 is 1.11 bits per heavy atom. The van der Waals surface area contributed by atoms with Gasteiger partial charge in [-0.2, -0.15) is 0 Å².